The van der Waals surface area contributed by atoms with E-state index in [0.717, 1.165) is 66.5 Å². The zero-order valence-corrected chi connectivity index (χ0v) is 30.9. The molecule has 5 aromatic rings. The smallest absolute Gasteiger partial charge is 0.320 e. The van der Waals surface area contributed by atoms with Gasteiger partial charge >= 0.3 is 6.03 Å². The van der Waals surface area contributed by atoms with Crippen LogP contribution in [0.4, 0.5) is 16.6 Å². The number of nitrogens with one attached hydrogen (secondary N) is 2. The van der Waals surface area contributed by atoms with E-state index in [1.165, 1.54) is 6.42 Å². The van der Waals surface area contributed by atoms with Crippen molar-refractivity contribution in [2.45, 2.75) is 83.4 Å². The number of anilines is 2. The Morgan fingerprint density at radius 2 is 1.83 bits per heavy atom. The van der Waals surface area contributed by atoms with Crippen molar-refractivity contribution in [2.75, 3.05) is 44.0 Å². The zero-order chi connectivity index (χ0) is 36.4. The van der Waals surface area contributed by atoms with Gasteiger partial charge in [-0.15, -0.1) is 15.3 Å². The van der Waals surface area contributed by atoms with E-state index < -0.39 is 0 Å². The fraction of sp³-hybridized carbons (Fsp3) is 0.474. The van der Waals surface area contributed by atoms with Gasteiger partial charge in [0.15, 0.2) is 5.65 Å². The van der Waals surface area contributed by atoms with Crippen molar-refractivity contribution in [1.29, 1.82) is 0 Å². The summed E-state index contributed by atoms with van der Waals surface area (Å²) >= 11 is 0. The molecule has 52 heavy (non-hydrogen) atoms. The molecule has 5 heterocycles. The van der Waals surface area contributed by atoms with Crippen molar-refractivity contribution in [3.63, 3.8) is 0 Å². The summed E-state index contributed by atoms with van der Waals surface area (Å²) in [5, 5.41) is 28.4. The molecule has 14 heteroatoms. The minimum absolute atomic E-state index is 0.173. The second kappa shape index (κ2) is 14.8. The average Bonchev–Trinajstić information content (AvgIpc) is 3.74. The van der Waals surface area contributed by atoms with Crippen LogP contribution < -0.4 is 25.0 Å². The van der Waals surface area contributed by atoms with Crippen LogP contribution in [-0.4, -0.2) is 85.3 Å². The van der Waals surface area contributed by atoms with Crippen LogP contribution in [0.15, 0.2) is 60.9 Å². The lowest BCUT2D eigenvalue weighted by Gasteiger charge is -2.33. The molecule has 2 N–H and O–H groups in total. The number of carbonyl (C=O) groups is 1. The molecule has 1 fully saturated rings. The van der Waals surface area contributed by atoms with Crippen molar-refractivity contribution in [3.8, 4) is 17.3 Å². The number of benzene rings is 1. The molecule has 7 rings (SSSR count). The molecule has 1 aromatic carbocycles. The van der Waals surface area contributed by atoms with E-state index in [9.17, 15) is 4.79 Å². The molecule has 0 radical (unpaired) electrons. The Morgan fingerprint density at radius 3 is 2.62 bits per heavy atom. The van der Waals surface area contributed by atoms with Gasteiger partial charge in [0.05, 0.1) is 29.8 Å². The highest BCUT2D eigenvalue weighted by atomic mass is 16.5. The first-order valence-electron chi connectivity index (χ1n) is 18.2. The topological polar surface area (TPSA) is 140 Å². The van der Waals surface area contributed by atoms with Gasteiger partial charge in [-0.1, -0.05) is 45.0 Å². The lowest BCUT2D eigenvalue weighted by Crippen LogP contribution is -2.38. The van der Waals surface area contributed by atoms with Crippen molar-refractivity contribution < 1.29 is 14.3 Å². The van der Waals surface area contributed by atoms with Gasteiger partial charge in [-0.2, -0.15) is 10.2 Å². The van der Waals surface area contributed by atoms with Gasteiger partial charge in [-0.25, -0.2) is 9.48 Å². The summed E-state index contributed by atoms with van der Waals surface area (Å²) in [6.07, 6.45) is 8.40. The summed E-state index contributed by atoms with van der Waals surface area (Å²) in [5.74, 6) is 2.51. The molecule has 0 bridgehead atoms. The second-order valence-corrected chi connectivity index (χ2v) is 15.1. The number of fused-ring (bicyclic) bond motifs is 2. The molecule has 0 unspecified atom stereocenters. The van der Waals surface area contributed by atoms with Gasteiger partial charge in [0.25, 0.3) is 0 Å². The first kappa shape index (κ1) is 35.2. The molecule has 274 valence electrons. The number of likely N-dealkylation sites (N-methyl/N-ethyl adjacent to an activating group) is 1. The van der Waals surface area contributed by atoms with E-state index in [2.05, 4.69) is 75.8 Å². The second-order valence-electron chi connectivity index (χ2n) is 15.1. The Balaban J connectivity index is 1.07. The maximum absolute atomic E-state index is 13.7. The van der Waals surface area contributed by atoms with Crippen LogP contribution in [0.2, 0.25) is 0 Å². The number of piperidine rings is 1. The lowest BCUT2D eigenvalue weighted by atomic mass is 9.85. The van der Waals surface area contributed by atoms with Gasteiger partial charge in [0, 0.05) is 36.7 Å². The third-order valence-electron chi connectivity index (χ3n) is 9.81. The van der Waals surface area contributed by atoms with Crippen LogP contribution in [0.3, 0.4) is 0 Å². The number of amides is 2. The minimum atomic E-state index is -0.331. The van der Waals surface area contributed by atoms with Crippen LogP contribution >= 0.6 is 0 Å². The molecule has 4 aromatic heterocycles. The third-order valence-corrected chi connectivity index (χ3v) is 9.81. The molecule has 1 saturated heterocycles. The summed E-state index contributed by atoms with van der Waals surface area (Å²) < 4.78 is 16.2. The van der Waals surface area contributed by atoms with Crippen molar-refractivity contribution in [2.24, 2.45) is 0 Å². The van der Waals surface area contributed by atoms with Crippen molar-refractivity contribution in [3.05, 3.63) is 77.7 Å². The van der Waals surface area contributed by atoms with Crippen molar-refractivity contribution >= 4 is 23.4 Å². The SMILES string of the molecule is C[C@H]1CCCCN1c1nnc2ccc(O[C@@H]3CC[C@H](NC(=O)Nc4cc(C(C)(C)C)nn4-c4cnnc(OCCN(C)C)c4)c4ccccc43)cn12. The lowest BCUT2D eigenvalue weighted by molar-refractivity contribution is 0.171. The highest BCUT2D eigenvalue weighted by molar-refractivity contribution is 5.89. The van der Waals surface area contributed by atoms with Crippen LogP contribution in [0.25, 0.3) is 11.3 Å². The molecule has 3 atom stereocenters. The molecule has 1 aliphatic heterocycles. The predicted molar refractivity (Wildman–Crippen MR) is 199 cm³/mol. The Bertz CT molecular complexity index is 2020. The fourth-order valence-corrected chi connectivity index (χ4v) is 6.91. The van der Waals surface area contributed by atoms with Gasteiger partial charge < -0.3 is 24.6 Å². The average molecular weight is 708 g/mol. The molecule has 2 aliphatic rings. The quantitative estimate of drug-likeness (QED) is 0.175. The van der Waals surface area contributed by atoms with E-state index in [0.29, 0.717) is 36.5 Å². The molecule has 2 amide bonds. The highest BCUT2D eigenvalue weighted by Crippen LogP contribution is 2.39. The largest absolute Gasteiger partial charge is 0.484 e. The Kier molecular flexibility index (Phi) is 10.00. The number of aromatic nitrogens is 7. The molecular weight excluding hydrogens is 658 g/mol. The van der Waals surface area contributed by atoms with Crippen molar-refractivity contribution in [1.82, 2.24) is 44.8 Å². The number of urea groups is 1. The number of hydrogen-bond donors (Lipinski definition) is 2. The standard InChI is InChI=1S/C38H49N11O3/c1-25-11-9-10-18-47(25)37-44-42-33-17-14-27(24-48(33)37)52-31-16-15-30(28-12-7-8-13-29(28)31)40-36(50)41-34-22-32(38(2,3)4)45-49(34)26-21-35(43-39-23-26)51-20-19-46(5)6/h7-8,12-14,17,21-25,30-31H,9-11,15-16,18-20H2,1-6H3,(H2,40,41,50)/t25-,30-,31+/m0/s1. The molecule has 0 saturated carbocycles. The normalized spacial score (nSPS) is 19.1. The molecule has 14 nitrogen and oxygen atoms in total. The first-order valence-corrected chi connectivity index (χ1v) is 18.2. The Labute approximate surface area is 304 Å². The van der Waals surface area contributed by atoms with Gasteiger partial charge in [-0.05, 0) is 76.4 Å². The zero-order valence-electron chi connectivity index (χ0n) is 30.9. The Morgan fingerprint density at radius 1 is 1.00 bits per heavy atom. The third kappa shape index (κ3) is 7.66. The maximum Gasteiger partial charge on any atom is 0.320 e. The summed E-state index contributed by atoms with van der Waals surface area (Å²) in [4.78, 5) is 18.1. The predicted octanol–water partition coefficient (Wildman–Crippen LogP) is 6.10. The van der Waals surface area contributed by atoms with Gasteiger partial charge in [-0.3, -0.25) is 9.72 Å². The van der Waals surface area contributed by atoms with E-state index in [-0.39, 0.29) is 23.6 Å². The summed E-state index contributed by atoms with van der Waals surface area (Å²) in [6, 6.07) is 15.6. The van der Waals surface area contributed by atoms with E-state index in [4.69, 9.17) is 14.6 Å². The molecule has 0 spiro atoms. The summed E-state index contributed by atoms with van der Waals surface area (Å²) in [5.41, 5.74) is 4.07. The van der Waals surface area contributed by atoms with E-state index in [1.807, 2.05) is 59.9 Å². The number of rotatable bonds is 10. The first-order chi connectivity index (χ1) is 25.0. The van der Waals surface area contributed by atoms with E-state index >= 15 is 0 Å². The highest BCUT2D eigenvalue weighted by Gasteiger charge is 2.31. The van der Waals surface area contributed by atoms with Crippen LogP contribution in [0.5, 0.6) is 11.6 Å². The fourth-order valence-electron chi connectivity index (χ4n) is 6.91. The number of carbonyl (C=O) groups excluding carboxylic acids is 1. The molecular formula is C38H49N11O3. The summed E-state index contributed by atoms with van der Waals surface area (Å²) in [6.45, 7) is 10.7. The number of hydrogen-bond acceptors (Lipinski definition) is 10. The summed E-state index contributed by atoms with van der Waals surface area (Å²) in [7, 11) is 3.97. The van der Waals surface area contributed by atoms with E-state index in [1.54, 1.807) is 16.9 Å². The van der Waals surface area contributed by atoms with Gasteiger partial charge in [0.1, 0.15) is 24.3 Å². The number of pyridine rings is 1. The van der Waals surface area contributed by atoms with Crippen LogP contribution in [0.1, 0.15) is 88.8 Å². The van der Waals surface area contributed by atoms with Crippen LogP contribution in [-0.2, 0) is 5.41 Å². The van der Waals surface area contributed by atoms with Crippen LogP contribution in [0, 0.1) is 0 Å². The maximum atomic E-state index is 13.7. The number of ether oxygens (including phenoxy) is 2. The monoisotopic (exact) mass is 707 g/mol. The molecule has 1 aliphatic carbocycles. The minimum Gasteiger partial charge on any atom is -0.484 e. The van der Waals surface area contributed by atoms with Gasteiger partial charge in [0.2, 0.25) is 11.8 Å². The Hall–Kier alpha value is -5.24. The number of nitrogens with zero attached hydrogens (tertiary/aromatic N) is 9.